The Morgan fingerprint density at radius 3 is 2.52 bits per heavy atom. The molecule has 172 valence electrons. The fraction of sp³-hybridized carbons (Fsp3) is 0.591. The number of carboxylic acid groups (broad SMARTS) is 2. The number of carbonyl (C=O) groups is 3. The van der Waals surface area contributed by atoms with E-state index in [9.17, 15) is 4.79 Å². The summed E-state index contributed by atoms with van der Waals surface area (Å²) in [5.74, 6) is -2.62. The van der Waals surface area contributed by atoms with Crippen molar-refractivity contribution in [3.8, 4) is 5.75 Å². The minimum absolute atomic E-state index is 0.0385. The van der Waals surface area contributed by atoms with Gasteiger partial charge in [-0.3, -0.25) is 0 Å². The lowest BCUT2D eigenvalue weighted by molar-refractivity contribution is -0.159. The standard InChI is InChI=1S/C20H31N3O2.C2H2O4/c1-3-22(4-2)14-12-21-20(24)23-13-11-17(15-23)25-19-10-6-8-16-7-5-9-18(16)19;3-1(4)2(5)6/h6,8,10,17H,3-5,7,9,11-15H2,1-2H3,(H,21,24);(H,3,4)(H,5,6). The van der Waals surface area contributed by atoms with Crippen LogP contribution in [-0.4, -0.2) is 83.4 Å². The molecule has 0 aromatic heterocycles. The van der Waals surface area contributed by atoms with Crippen LogP contribution in [0, 0.1) is 0 Å². The van der Waals surface area contributed by atoms with E-state index in [-0.39, 0.29) is 12.1 Å². The van der Waals surface area contributed by atoms with Gasteiger partial charge in [-0.1, -0.05) is 26.0 Å². The number of likely N-dealkylation sites (N-methyl/N-ethyl adjacent to an activating group) is 1. The second-order valence-electron chi connectivity index (χ2n) is 7.59. The Morgan fingerprint density at radius 1 is 1.16 bits per heavy atom. The van der Waals surface area contributed by atoms with Gasteiger partial charge >= 0.3 is 18.0 Å². The molecule has 0 bridgehead atoms. The maximum Gasteiger partial charge on any atom is 0.414 e. The Morgan fingerprint density at radius 2 is 1.87 bits per heavy atom. The molecule has 2 aliphatic rings. The van der Waals surface area contributed by atoms with Gasteiger partial charge in [0.2, 0.25) is 0 Å². The number of amides is 2. The highest BCUT2D eigenvalue weighted by Gasteiger charge is 2.28. The van der Waals surface area contributed by atoms with Gasteiger partial charge in [0.05, 0.1) is 6.54 Å². The number of nitrogens with one attached hydrogen (secondary N) is 1. The van der Waals surface area contributed by atoms with Crippen LogP contribution in [0.2, 0.25) is 0 Å². The van der Waals surface area contributed by atoms with Gasteiger partial charge in [0.25, 0.3) is 0 Å². The number of likely N-dealkylation sites (tertiary alicyclic amines) is 1. The maximum atomic E-state index is 12.3. The second kappa shape index (κ2) is 12.1. The van der Waals surface area contributed by atoms with Gasteiger partial charge in [0.1, 0.15) is 11.9 Å². The third-order valence-corrected chi connectivity index (χ3v) is 5.61. The van der Waals surface area contributed by atoms with Gasteiger partial charge in [-0.25, -0.2) is 14.4 Å². The lowest BCUT2D eigenvalue weighted by Crippen LogP contribution is -2.42. The molecule has 9 nitrogen and oxygen atoms in total. The van der Waals surface area contributed by atoms with Crippen LogP contribution in [0.5, 0.6) is 5.75 Å². The number of carbonyl (C=O) groups excluding carboxylic acids is 1. The van der Waals surface area contributed by atoms with Crippen molar-refractivity contribution in [2.24, 2.45) is 0 Å². The number of rotatable bonds is 7. The zero-order valence-corrected chi connectivity index (χ0v) is 18.3. The number of urea groups is 1. The molecule has 0 radical (unpaired) electrons. The van der Waals surface area contributed by atoms with E-state index in [1.807, 2.05) is 4.90 Å². The van der Waals surface area contributed by atoms with Crippen LogP contribution < -0.4 is 10.1 Å². The molecule has 1 aliphatic carbocycles. The molecule has 1 atom stereocenters. The third kappa shape index (κ3) is 7.43. The largest absolute Gasteiger partial charge is 0.488 e. The summed E-state index contributed by atoms with van der Waals surface area (Å²) < 4.78 is 6.25. The summed E-state index contributed by atoms with van der Waals surface area (Å²) in [7, 11) is 0. The molecule has 1 aromatic rings. The normalized spacial score (nSPS) is 17.0. The molecule has 1 heterocycles. The van der Waals surface area contributed by atoms with Gasteiger partial charge in [-0.05, 0) is 49.5 Å². The number of hydrogen-bond donors (Lipinski definition) is 3. The van der Waals surface area contributed by atoms with E-state index >= 15 is 0 Å². The number of hydrogen-bond acceptors (Lipinski definition) is 5. The predicted molar refractivity (Wildman–Crippen MR) is 116 cm³/mol. The number of benzene rings is 1. The van der Waals surface area contributed by atoms with Crippen LogP contribution in [0.3, 0.4) is 0 Å². The van der Waals surface area contributed by atoms with Crippen LogP contribution in [-0.2, 0) is 22.4 Å². The first-order valence-electron chi connectivity index (χ1n) is 10.8. The number of ether oxygens (including phenoxy) is 1. The van der Waals surface area contributed by atoms with Crippen molar-refractivity contribution >= 4 is 18.0 Å². The summed E-state index contributed by atoms with van der Waals surface area (Å²) in [6, 6.07) is 6.42. The third-order valence-electron chi connectivity index (χ3n) is 5.61. The highest BCUT2D eigenvalue weighted by Crippen LogP contribution is 2.32. The van der Waals surface area contributed by atoms with Gasteiger partial charge in [0.15, 0.2) is 0 Å². The predicted octanol–water partition coefficient (Wildman–Crippen LogP) is 1.84. The first-order valence-corrected chi connectivity index (χ1v) is 10.8. The van der Waals surface area contributed by atoms with Gasteiger partial charge < -0.3 is 30.1 Å². The van der Waals surface area contributed by atoms with Crippen molar-refractivity contribution in [1.29, 1.82) is 0 Å². The molecule has 1 fully saturated rings. The molecular formula is C22H33N3O6. The summed E-state index contributed by atoms with van der Waals surface area (Å²) in [5, 5.41) is 17.8. The molecule has 0 spiro atoms. The highest BCUT2D eigenvalue weighted by molar-refractivity contribution is 6.27. The van der Waals surface area contributed by atoms with E-state index in [0.29, 0.717) is 13.1 Å². The number of aryl methyl sites for hydroxylation is 1. The Balaban J connectivity index is 0.000000501. The van der Waals surface area contributed by atoms with Crippen molar-refractivity contribution in [2.75, 3.05) is 39.3 Å². The van der Waals surface area contributed by atoms with Crippen molar-refractivity contribution < 1.29 is 29.3 Å². The highest BCUT2D eigenvalue weighted by atomic mass is 16.5. The molecule has 3 N–H and O–H groups in total. The molecule has 31 heavy (non-hydrogen) atoms. The lowest BCUT2D eigenvalue weighted by Gasteiger charge is -2.21. The Labute approximate surface area is 183 Å². The molecule has 9 heteroatoms. The fourth-order valence-corrected chi connectivity index (χ4v) is 3.86. The van der Waals surface area contributed by atoms with Crippen molar-refractivity contribution in [2.45, 2.75) is 45.6 Å². The van der Waals surface area contributed by atoms with E-state index in [0.717, 1.165) is 51.2 Å². The summed E-state index contributed by atoms with van der Waals surface area (Å²) in [6.45, 7) is 9.40. The smallest absolute Gasteiger partial charge is 0.414 e. The summed E-state index contributed by atoms with van der Waals surface area (Å²) in [5.41, 5.74) is 2.81. The average molecular weight is 436 g/mol. The summed E-state index contributed by atoms with van der Waals surface area (Å²) >= 11 is 0. The van der Waals surface area contributed by atoms with Crippen LogP contribution >= 0.6 is 0 Å². The van der Waals surface area contributed by atoms with E-state index in [2.05, 4.69) is 42.3 Å². The molecule has 1 aromatic carbocycles. The molecule has 1 unspecified atom stereocenters. The summed E-state index contributed by atoms with van der Waals surface area (Å²) in [4.78, 5) is 34.7. The lowest BCUT2D eigenvalue weighted by atomic mass is 10.1. The molecular weight excluding hydrogens is 402 g/mol. The molecule has 2 amide bonds. The van der Waals surface area contributed by atoms with Gasteiger partial charge in [-0.2, -0.15) is 0 Å². The van der Waals surface area contributed by atoms with E-state index < -0.39 is 11.9 Å². The molecule has 0 saturated carbocycles. The number of nitrogens with zero attached hydrogens (tertiary/aromatic N) is 2. The molecule has 3 rings (SSSR count). The second-order valence-corrected chi connectivity index (χ2v) is 7.59. The minimum Gasteiger partial charge on any atom is -0.488 e. The topological polar surface area (TPSA) is 119 Å². The summed E-state index contributed by atoms with van der Waals surface area (Å²) in [6.07, 6.45) is 4.53. The quantitative estimate of drug-likeness (QED) is 0.559. The molecule has 1 saturated heterocycles. The number of fused-ring (bicyclic) bond motifs is 1. The van der Waals surface area contributed by atoms with E-state index in [1.54, 1.807) is 0 Å². The Kier molecular flexibility index (Phi) is 9.58. The fourth-order valence-electron chi connectivity index (χ4n) is 3.86. The minimum atomic E-state index is -1.82. The number of aliphatic carboxylic acids is 2. The van der Waals surface area contributed by atoms with Gasteiger partial charge in [0, 0.05) is 26.1 Å². The zero-order chi connectivity index (χ0) is 22.8. The first kappa shape index (κ1) is 24.5. The first-order chi connectivity index (χ1) is 14.8. The van der Waals surface area contributed by atoms with Crippen LogP contribution in [0.1, 0.15) is 37.8 Å². The monoisotopic (exact) mass is 435 g/mol. The Hall–Kier alpha value is -2.81. The van der Waals surface area contributed by atoms with Crippen LogP contribution in [0.4, 0.5) is 4.79 Å². The van der Waals surface area contributed by atoms with Gasteiger partial charge in [-0.15, -0.1) is 0 Å². The van der Waals surface area contributed by atoms with Crippen molar-refractivity contribution in [3.63, 3.8) is 0 Å². The van der Waals surface area contributed by atoms with E-state index in [4.69, 9.17) is 24.5 Å². The van der Waals surface area contributed by atoms with Crippen molar-refractivity contribution in [1.82, 2.24) is 15.1 Å². The maximum absolute atomic E-state index is 12.3. The van der Waals surface area contributed by atoms with Crippen molar-refractivity contribution in [3.05, 3.63) is 29.3 Å². The SMILES string of the molecule is CCN(CC)CCNC(=O)N1CCC(Oc2cccc3c2CCC3)C1.O=C(O)C(=O)O. The average Bonchev–Trinajstić information content (AvgIpc) is 3.41. The Bertz CT molecular complexity index is 754. The molecule has 1 aliphatic heterocycles. The zero-order valence-electron chi connectivity index (χ0n) is 18.3. The van der Waals surface area contributed by atoms with Crippen LogP contribution in [0.25, 0.3) is 0 Å². The van der Waals surface area contributed by atoms with Crippen LogP contribution in [0.15, 0.2) is 18.2 Å². The van der Waals surface area contributed by atoms with E-state index in [1.165, 1.54) is 17.5 Å². The number of carboxylic acids is 2.